The van der Waals surface area contributed by atoms with Crippen LogP contribution in [0.25, 0.3) is 16.9 Å². The summed E-state index contributed by atoms with van der Waals surface area (Å²) < 4.78 is 5.50. The fraction of sp³-hybridized carbons (Fsp3) is 0.375. The maximum absolute atomic E-state index is 5.84. The zero-order valence-electron chi connectivity index (χ0n) is 25.8. The van der Waals surface area contributed by atoms with E-state index < -0.39 is 0 Å². The maximum Gasteiger partial charge on any atom is 0.153 e. The Morgan fingerprint density at radius 3 is 1.57 bits per heavy atom. The van der Waals surface area contributed by atoms with Crippen molar-refractivity contribution in [1.29, 1.82) is 0 Å². The van der Waals surface area contributed by atoms with Gasteiger partial charge in [0.15, 0.2) is 16.9 Å². The van der Waals surface area contributed by atoms with Crippen molar-refractivity contribution < 1.29 is 0 Å². The molecule has 0 aromatic carbocycles. The third-order valence-electron chi connectivity index (χ3n) is 6.42. The SMILES string of the molecule is C#Cc1ccc2ncc(C(C)(C)C)n2n1.CC(C)(C)c1cnc2ccc(Cl)nn12.CC(C)(C)c1cnc2cccnn12. The van der Waals surface area contributed by atoms with Gasteiger partial charge in [-0.3, -0.25) is 0 Å². The Bertz CT molecular complexity index is 1870. The van der Waals surface area contributed by atoms with Crippen LogP contribution in [0.15, 0.2) is 61.2 Å². The number of nitrogens with zero attached hydrogens (tertiary/aromatic N) is 9. The van der Waals surface area contributed by atoms with E-state index in [1.807, 2.05) is 51.9 Å². The van der Waals surface area contributed by atoms with Gasteiger partial charge in [0.2, 0.25) is 0 Å². The summed E-state index contributed by atoms with van der Waals surface area (Å²) in [5, 5.41) is 13.3. The quantitative estimate of drug-likeness (QED) is 0.184. The maximum atomic E-state index is 5.84. The molecule has 0 amide bonds. The molecule has 0 aliphatic carbocycles. The second kappa shape index (κ2) is 11.5. The van der Waals surface area contributed by atoms with Gasteiger partial charge in [-0.1, -0.05) is 73.9 Å². The average molecular weight is 584 g/mol. The van der Waals surface area contributed by atoms with Crippen LogP contribution < -0.4 is 0 Å². The highest BCUT2D eigenvalue weighted by molar-refractivity contribution is 6.29. The Morgan fingerprint density at radius 1 is 0.619 bits per heavy atom. The van der Waals surface area contributed by atoms with Gasteiger partial charge in [-0.05, 0) is 42.3 Å². The van der Waals surface area contributed by atoms with E-state index in [2.05, 4.69) is 98.5 Å². The van der Waals surface area contributed by atoms with Crippen molar-refractivity contribution in [3.63, 3.8) is 0 Å². The predicted octanol–water partition coefficient (Wildman–Crippen LogP) is 6.72. The molecule has 10 heteroatoms. The van der Waals surface area contributed by atoms with Crippen LogP contribution in [-0.4, -0.2) is 43.8 Å². The van der Waals surface area contributed by atoms with Crippen LogP contribution >= 0.6 is 11.6 Å². The first-order chi connectivity index (χ1) is 19.6. The molecule has 6 rings (SSSR count). The van der Waals surface area contributed by atoms with Gasteiger partial charge >= 0.3 is 0 Å². The molecule has 0 saturated heterocycles. The van der Waals surface area contributed by atoms with Gasteiger partial charge in [-0.15, -0.1) is 6.42 Å². The van der Waals surface area contributed by atoms with E-state index in [4.69, 9.17) is 18.0 Å². The van der Waals surface area contributed by atoms with Crippen LogP contribution in [0.4, 0.5) is 0 Å². The molecule has 0 unspecified atom stereocenters. The van der Waals surface area contributed by atoms with Crippen molar-refractivity contribution in [3.8, 4) is 12.3 Å². The first-order valence-corrected chi connectivity index (χ1v) is 14.1. The number of imidazole rings is 3. The number of halogens is 1. The van der Waals surface area contributed by atoms with Gasteiger partial charge < -0.3 is 0 Å². The van der Waals surface area contributed by atoms with Crippen molar-refractivity contribution in [2.45, 2.75) is 78.6 Å². The summed E-state index contributed by atoms with van der Waals surface area (Å²) in [6.45, 7) is 19.2. The molecule has 6 aromatic rings. The van der Waals surface area contributed by atoms with E-state index in [9.17, 15) is 0 Å². The lowest BCUT2D eigenvalue weighted by Crippen LogP contribution is -2.15. The van der Waals surface area contributed by atoms with Crippen molar-refractivity contribution in [2.75, 3.05) is 0 Å². The Kier molecular flexibility index (Phi) is 8.42. The van der Waals surface area contributed by atoms with Crippen LogP contribution in [0.5, 0.6) is 0 Å². The van der Waals surface area contributed by atoms with E-state index >= 15 is 0 Å². The molecular formula is C32H38ClN9. The van der Waals surface area contributed by atoms with Crippen LogP contribution in [-0.2, 0) is 16.2 Å². The summed E-state index contributed by atoms with van der Waals surface area (Å²) in [5.41, 5.74) is 6.61. The smallest absolute Gasteiger partial charge is 0.153 e. The largest absolute Gasteiger partial charge is 0.235 e. The highest BCUT2D eigenvalue weighted by Gasteiger charge is 2.21. The monoisotopic (exact) mass is 583 g/mol. The van der Waals surface area contributed by atoms with Crippen molar-refractivity contribution in [3.05, 3.63) is 89.1 Å². The van der Waals surface area contributed by atoms with Crippen LogP contribution in [0, 0.1) is 12.3 Å². The predicted molar refractivity (Wildman–Crippen MR) is 168 cm³/mol. The lowest BCUT2D eigenvalue weighted by atomic mass is 9.93. The molecule has 0 radical (unpaired) electrons. The van der Waals surface area contributed by atoms with Crippen molar-refractivity contribution in [1.82, 2.24) is 43.8 Å². The number of hydrogen-bond acceptors (Lipinski definition) is 6. The van der Waals surface area contributed by atoms with Crippen LogP contribution in [0.3, 0.4) is 0 Å². The average Bonchev–Trinajstić information content (AvgIpc) is 3.64. The van der Waals surface area contributed by atoms with E-state index in [-0.39, 0.29) is 16.2 Å². The lowest BCUT2D eigenvalue weighted by molar-refractivity contribution is 0.550. The van der Waals surface area contributed by atoms with Gasteiger partial charge in [0.25, 0.3) is 0 Å². The fourth-order valence-corrected chi connectivity index (χ4v) is 4.30. The number of aromatic nitrogens is 9. The summed E-state index contributed by atoms with van der Waals surface area (Å²) in [5.74, 6) is 2.53. The summed E-state index contributed by atoms with van der Waals surface area (Å²) in [4.78, 5) is 12.8. The first-order valence-electron chi connectivity index (χ1n) is 13.7. The van der Waals surface area contributed by atoms with Gasteiger partial charge in [0, 0.05) is 22.4 Å². The second-order valence-electron chi connectivity index (χ2n) is 13.0. The highest BCUT2D eigenvalue weighted by Crippen LogP contribution is 2.24. The Balaban J connectivity index is 0.000000145. The zero-order chi connectivity index (χ0) is 30.9. The minimum Gasteiger partial charge on any atom is -0.235 e. The Hall–Kier alpha value is -4.29. The summed E-state index contributed by atoms with van der Waals surface area (Å²) in [7, 11) is 0. The minimum absolute atomic E-state index is 0.0135. The number of fused-ring (bicyclic) bond motifs is 3. The van der Waals surface area contributed by atoms with E-state index in [1.165, 1.54) is 0 Å². The number of rotatable bonds is 0. The molecule has 6 aromatic heterocycles. The molecule has 218 valence electrons. The zero-order valence-corrected chi connectivity index (χ0v) is 26.5. The molecule has 42 heavy (non-hydrogen) atoms. The molecule has 9 nitrogen and oxygen atoms in total. The standard InChI is InChI=1S/C12H13N3.C10H12ClN3.C10H13N3/c1-5-9-6-7-11-13-8-10(12(2,3)4)15(11)14-9;1-10(2,3)7-6-12-9-5-4-8(11)13-14(7)9;1-10(2,3)8-7-11-9-5-4-6-12-13(8)9/h1,6-8H,2-4H3;4-6H,1-3H3;4-7H,1-3H3. The van der Waals surface area contributed by atoms with Gasteiger partial charge in [-0.2, -0.15) is 15.3 Å². The molecule has 0 bridgehead atoms. The fourth-order valence-electron chi connectivity index (χ4n) is 4.16. The van der Waals surface area contributed by atoms with Gasteiger partial charge in [-0.25, -0.2) is 28.5 Å². The Labute approximate surface area is 252 Å². The third-order valence-corrected chi connectivity index (χ3v) is 6.62. The molecule has 0 fully saturated rings. The molecule has 0 aliphatic rings. The number of terminal acetylenes is 1. The summed E-state index contributed by atoms with van der Waals surface area (Å²) in [6, 6.07) is 11.2. The van der Waals surface area contributed by atoms with E-state index in [0.717, 1.165) is 34.0 Å². The molecule has 0 spiro atoms. The molecular weight excluding hydrogens is 546 g/mol. The van der Waals surface area contributed by atoms with Gasteiger partial charge in [0.1, 0.15) is 10.8 Å². The first kappa shape index (κ1) is 30.7. The summed E-state index contributed by atoms with van der Waals surface area (Å²) >= 11 is 5.84. The van der Waals surface area contributed by atoms with E-state index in [1.54, 1.807) is 22.8 Å². The Morgan fingerprint density at radius 2 is 1.07 bits per heavy atom. The summed E-state index contributed by atoms with van der Waals surface area (Å²) in [6.07, 6.45) is 12.7. The second-order valence-corrected chi connectivity index (χ2v) is 13.4. The van der Waals surface area contributed by atoms with Crippen molar-refractivity contribution in [2.24, 2.45) is 0 Å². The van der Waals surface area contributed by atoms with Gasteiger partial charge in [0.05, 0.1) is 35.7 Å². The molecule has 0 aliphatic heterocycles. The molecule has 0 atom stereocenters. The number of hydrogen-bond donors (Lipinski definition) is 0. The van der Waals surface area contributed by atoms with Crippen LogP contribution in [0.1, 0.15) is 85.1 Å². The molecule has 0 N–H and O–H groups in total. The van der Waals surface area contributed by atoms with E-state index in [0.29, 0.717) is 10.8 Å². The minimum atomic E-state index is 0.0135. The molecule has 6 heterocycles. The lowest BCUT2D eigenvalue weighted by Gasteiger charge is -2.16. The normalized spacial score (nSPS) is 12.0. The topological polar surface area (TPSA) is 90.6 Å². The highest BCUT2D eigenvalue weighted by atomic mass is 35.5. The third kappa shape index (κ3) is 6.77. The van der Waals surface area contributed by atoms with Crippen LogP contribution in [0.2, 0.25) is 5.15 Å². The van der Waals surface area contributed by atoms with Crippen molar-refractivity contribution >= 4 is 28.5 Å². The molecule has 0 saturated carbocycles.